The molecule has 22 heavy (non-hydrogen) atoms. The van der Waals surface area contributed by atoms with Crippen LogP contribution in [-0.2, 0) is 22.6 Å². The molecule has 2 aliphatic rings. The lowest BCUT2D eigenvalue weighted by atomic mass is 9.89. The van der Waals surface area contributed by atoms with Crippen LogP contribution < -0.4 is 5.32 Å². The monoisotopic (exact) mass is 306 g/mol. The van der Waals surface area contributed by atoms with Gasteiger partial charge in [0.05, 0.1) is 13.2 Å². The number of aromatic nitrogens is 2. The Balaban J connectivity index is 1.57. The number of amides is 1. The fourth-order valence-electron chi connectivity index (χ4n) is 3.83. The predicted octanol–water partition coefficient (Wildman–Crippen LogP) is 0.876. The van der Waals surface area contributed by atoms with Crippen molar-refractivity contribution in [2.75, 3.05) is 27.3 Å². The molecule has 0 bridgehead atoms. The van der Waals surface area contributed by atoms with Crippen LogP contribution in [0.2, 0.25) is 0 Å². The van der Waals surface area contributed by atoms with Gasteiger partial charge in [0.25, 0.3) is 0 Å². The molecule has 3 atom stereocenters. The average molecular weight is 306 g/mol. The summed E-state index contributed by atoms with van der Waals surface area (Å²) in [7, 11) is 3.89. The highest BCUT2D eigenvalue weighted by molar-refractivity contribution is 5.77. The molecule has 122 valence electrons. The minimum absolute atomic E-state index is 0.222. The number of imidazole rings is 1. The summed E-state index contributed by atoms with van der Waals surface area (Å²) in [5.41, 5.74) is 0. The summed E-state index contributed by atoms with van der Waals surface area (Å²) in [6, 6.07) is 0.551. The minimum atomic E-state index is 0.222. The number of ether oxygens (including phenoxy) is 1. The fourth-order valence-corrected chi connectivity index (χ4v) is 3.83. The number of rotatable bonds is 6. The van der Waals surface area contributed by atoms with Gasteiger partial charge < -0.3 is 14.6 Å². The molecule has 0 unspecified atom stereocenters. The Bertz CT molecular complexity index is 516. The molecule has 1 aromatic rings. The van der Waals surface area contributed by atoms with Crippen LogP contribution in [-0.4, -0.2) is 53.7 Å². The number of piperidine rings is 1. The molecule has 2 heterocycles. The number of hydrogen-bond acceptors (Lipinski definition) is 4. The van der Waals surface area contributed by atoms with Gasteiger partial charge in [0.2, 0.25) is 5.91 Å². The van der Waals surface area contributed by atoms with E-state index in [4.69, 9.17) is 4.74 Å². The van der Waals surface area contributed by atoms with Crippen LogP contribution in [0.25, 0.3) is 0 Å². The number of fused-ring (bicyclic) bond motifs is 1. The van der Waals surface area contributed by atoms with Crippen LogP contribution in [0.1, 0.15) is 25.1 Å². The first kappa shape index (κ1) is 15.5. The number of carbonyl (C=O) groups is 1. The van der Waals surface area contributed by atoms with E-state index in [1.54, 1.807) is 7.11 Å². The van der Waals surface area contributed by atoms with Crippen molar-refractivity contribution in [1.29, 1.82) is 0 Å². The second-order valence-electron chi connectivity index (χ2n) is 6.60. The summed E-state index contributed by atoms with van der Waals surface area (Å²) in [5, 5.41) is 3.00. The van der Waals surface area contributed by atoms with Gasteiger partial charge in [-0.3, -0.25) is 9.69 Å². The van der Waals surface area contributed by atoms with Gasteiger partial charge in [0.15, 0.2) is 0 Å². The highest BCUT2D eigenvalue weighted by atomic mass is 16.5. The summed E-state index contributed by atoms with van der Waals surface area (Å²) >= 11 is 0. The first-order valence-electron chi connectivity index (χ1n) is 8.13. The van der Waals surface area contributed by atoms with E-state index in [2.05, 4.69) is 26.8 Å². The molecule has 6 nitrogen and oxygen atoms in total. The van der Waals surface area contributed by atoms with Crippen LogP contribution in [0.4, 0.5) is 0 Å². The molecule has 3 rings (SSSR count). The van der Waals surface area contributed by atoms with E-state index in [0.717, 1.165) is 31.9 Å². The number of hydrogen-bond donors (Lipinski definition) is 1. The Kier molecular flexibility index (Phi) is 4.78. The summed E-state index contributed by atoms with van der Waals surface area (Å²) in [6.07, 6.45) is 6.89. The Morgan fingerprint density at radius 1 is 1.45 bits per heavy atom. The van der Waals surface area contributed by atoms with Gasteiger partial charge in [-0.25, -0.2) is 4.98 Å². The second kappa shape index (κ2) is 6.79. The normalized spacial score (nSPS) is 28.0. The van der Waals surface area contributed by atoms with E-state index >= 15 is 0 Å². The van der Waals surface area contributed by atoms with E-state index in [1.165, 1.54) is 6.42 Å². The summed E-state index contributed by atoms with van der Waals surface area (Å²) < 4.78 is 7.31. The lowest BCUT2D eigenvalue weighted by Gasteiger charge is -2.24. The lowest BCUT2D eigenvalue weighted by Crippen LogP contribution is -2.38. The van der Waals surface area contributed by atoms with Crippen LogP contribution in [0.15, 0.2) is 12.4 Å². The van der Waals surface area contributed by atoms with Crippen molar-refractivity contribution in [3.8, 4) is 0 Å². The largest absolute Gasteiger partial charge is 0.383 e. The topological polar surface area (TPSA) is 59.4 Å². The van der Waals surface area contributed by atoms with Crippen molar-refractivity contribution in [1.82, 2.24) is 19.8 Å². The molecular formula is C16H26N4O2. The average Bonchev–Trinajstić information content (AvgIpc) is 3.11. The number of nitrogens with one attached hydrogen (secondary N) is 1. The maximum atomic E-state index is 11.5. The lowest BCUT2D eigenvalue weighted by molar-refractivity contribution is -0.124. The molecule has 1 aliphatic heterocycles. The third-order valence-electron chi connectivity index (χ3n) is 5.18. The van der Waals surface area contributed by atoms with Crippen LogP contribution in [0.5, 0.6) is 0 Å². The van der Waals surface area contributed by atoms with Crippen molar-refractivity contribution in [2.45, 2.75) is 38.4 Å². The zero-order chi connectivity index (χ0) is 15.5. The SMILES string of the molecule is COCCn1ccnc1CN(C)[C@H]1C[C@H]2CNC(=O)C[C@H]2C1. The molecule has 6 heteroatoms. The second-order valence-corrected chi connectivity index (χ2v) is 6.60. The van der Waals surface area contributed by atoms with Crippen LogP contribution >= 0.6 is 0 Å². The van der Waals surface area contributed by atoms with Gasteiger partial charge in [-0.15, -0.1) is 0 Å². The summed E-state index contributed by atoms with van der Waals surface area (Å²) in [4.78, 5) is 18.4. The van der Waals surface area contributed by atoms with Gasteiger partial charge >= 0.3 is 0 Å². The van der Waals surface area contributed by atoms with Crippen LogP contribution in [0, 0.1) is 11.8 Å². The molecule has 1 N–H and O–H groups in total. The molecule has 2 fully saturated rings. The van der Waals surface area contributed by atoms with E-state index in [1.807, 2.05) is 12.4 Å². The molecule has 1 saturated carbocycles. The quantitative estimate of drug-likeness (QED) is 0.847. The van der Waals surface area contributed by atoms with Crippen molar-refractivity contribution in [3.05, 3.63) is 18.2 Å². The molecule has 0 radical (unpaired) electrons. The zero-order valence-corrected chi connectivity index (χ0v) is 13.5. The van der Waals surface area contributed by atoms with Gasteiger partial charge in [-0.05, 0) is 31.7 Å². The van der Waals surface area contributed by atoms with E-state index < -0.39 is 0 Å². The van der Waals surface area contributed by atoms with E-state index in [9.17, 15) is 4.79 Å². The van der Waals surface area contributed by atoms with Gasteiger partial charge in [0.1, 0.15) is 5.82 Å². The first-order valence-corrected chi connectivity index (χ1v) is 8.13. The maximum absolute atomic E-state index is 11.5. The Morgan fingerprint density at radius 3 is 3.09 bits per heavy atom. The third-order valence-corrected chi connectivity index (χ3v) is 5.18. The predicted molar refractivity (Wildman–Crippen MR) is 83.2 cm³/mol. The highest BCUT2D eigenvalue weighted by Gasteiger charge is 2.39. The van der Waals surface area contributed by atoms with Gasteiger partial charge in [-0.2, -0.15) is 0 Å². The highest BCUT2D eigenvalue weighted by Crippen LogP contribution is 2.38. The maximum Gasteiger partial charge on any atom is 0.220 e. The van der Waals surface area contributed by atoms with Gasteiger partial charge in [-0.1, -0.05) is 0 Å². The molecule has 1 aliphatic carbocycles. The van der Waals surface area contributed by atoms with Crippen molar-refractivity contribution in [2.24, 2.45) is 11.8 Å². The van der Waals surface area contributed by atoms with Crippen LogP contribution in [0.3, 0.4) is 0 Å². The smallest absolute Gasteiger partial charge is 0.220 e. The van der Waals surface area contributed by atoms with E-state index in [-0.39, 0.29) is 5.91 Å². The minimum Gasteiger partial charge on any atom is -0.383 e. The third kappa shape index (κ3) is 3.33. The summed E-state index contributed by atoms with van der Waals surface area (Å²) in [5.74, 6) is 2.52. The molecule has 1 saturated heterocycles. The molecular weight excluding hydrogens is 280 g/mol. The Hall–Kier alpha value is -1.40. The molecule has 0 spiro atoms. The zero-order valence-electron chi connectivity index (χ0n) is 13.5. The summed E-state index contributed by atoms with van der Waals surface area (Å²) in [6.45, 7) is 3.25. The molecule has 1 amide bonds. The number of carbonyl (C=O) groups excluding carboxylic acids is 1. The Labute approximate surface area is 131 Å². The number of nitrogens with zero attached hydrogens (tertiary/aromatic N) is 3. The number of methoxy groups -OCH3 is 1. The van der Waals surface area contributed by atoms with Crippen molar-refractivity contribution >= 4 is 5.91 Å². The van der Waals surface area contributed by atoms with E-state index in [0.29, 0.717) is 30.9 Å². The van der Waals surface area contributed by atoms with Gasteiger partial charge in [0, 0.05) is 45.1 Å². The molecule has 0 aromatic carbocycles. The standard InChI is InChI=1S/C16H26N4O2/c1-19(11-15-17-3-4-20(15)5-6-22-2)14-7-12-9-16(21)18-10-13(12)8-14/h3-4,12-14H,5-11H2,1-2H3,(H,18,21)/t12-,13+,14-/m1/s1. The fraction of sp³-hybridized carbons (Fsp3) is 0.750. The molecule has 1 aromatic heterocycles. The Morgan fingerprint density at radius 2 is 2.27 bits per heavy atom. The van der Waals surface area contributed by atoms with Crippen molar-refractivity contribution in [3.63, 3.8) is 0 Å². The first-order chi connectivity index (χ1) is 10.7. The van der Waals surface area contributed by atoms with Crippen molar-refractivity contribution < 1.29 is 9.53 Å².